The van der Waals surface area contributed by atoms with Gasteiger partial charge in [0.25, 0.3) is 6.43 Å². The van der Waals surface area contributed by atoms with E-state index in [1.807, 2.05) is 6.92 Å². The average Bonchev–Trinajstić information content (AvgIpc) is 3.45. The van der Waals surface area contributed by atoms with Crippen molar-refractivity contribution in [2.24, 2.45) is 0 Å². The number of amides is 1. The van der Waals surface area contributed by atoms with E-state index < -0.39 is 30.0 Å². The van der Waals surface area contributed by atoms with E-state index in [1.165, 1.54) is 4.68 Å². The first-order chi connectivity index (χ1) is 15.7. The van der Waals surface area contributed by atoms with Crippen molar-refractivity contribution in [2.45, 2.75) is 58.9 Å². The SMILES string of the molecule is CCCOC(=O)c1c(NC(=O)Cn2nc(C(F)F)c(Cl)c2C2CC2)sc(C(=O)OCC)c1C. The molecule has 8 nitrogen and oxygen atoms in total. The molecule has 0 radical (unpaired) electrons. The predicted molar refractivity (Wildman–Crippen MR) is 118 cm³/mol. The number of carbonyl (C=O) groups excluding carboxylic acids is 3. The number of nitrogens with one attached hydrogen (secondary N) is 1. The Labute approximate surface area is 198 Å². The maximum atomic E-state index is 13.3. The number of carbonyl (C=O) groups is 3. The van der Waals surface area contributed by atoms with Gasteiger partial charge in [0.15, 0.2) is 0 Å². The number of alkyl halides is 2. The molecule has 2 aromatic heterocycles. The molecule has 0 unspecified atom stereocenters. The minimum atomic E-state index is -2.87. The molecule has 12 heteroatoms. The molecule has 0 aliphatic heterocycles. The molecule has 1 fully saturated rings. The van der Waals surface area contributed by atoms with Crippen LogP contribution in [0.3, 0.4) is 0 Å². The summed E-state index contributed by atoms with van der Waals surface area (Å²) in [6, 6.07) is 0. The molecular weight excluding hydrogens is 480 g/mol. The highest BCUT2D eigenvalue weighted by Crippen LogP contribution is 2.45. The molecule has 0 bridgehead atoms. The molecule has 2 aromatic rings. The first-order valence-corrected chi connectivity index (χ1v) is 11.7. The number of rotatable bonds is 10. The summed E-state index contributed by atoms with van der Waals surface area (Å²) in [4.78, 5) is 37.9. The van der Waals surface area contributed by atoms with Crippen LogP contribution in [0.15, 0.2) is 0 Å². The Hall–Kier alpha value is -2.53. The highest BCUT2D eigenvalue weighted by atomic mass is 35.5. The van der Waals surface area contributed by atoms with Crippen LogP contribution in [0.25, 0.3) is 0 Å². The van der Waals surface area contributed by atoms with Crippen molar-refractivity contribution in [3.8, 4) is 0 Å². The summed E-state index contributed by atoms with van der Waals surface area (Å²) in [5.41, 5.74) is 0.223. The molecule has 0 atom stereocenters. The molecule has 33 heavy (non-hydrogen) atoms. The van der Waals surface area contributed by atoms with E-state index in [0.29, 0.717) is 17.7 Å². The summed E-state index contributed by atoms with van der Waals surface area (Å²) in [6.07, 6.45) is -0.726. The van der Waals surface area contributed by atoms with Crippen molar-refractivity contribution in [3.05, 3.63) is 32.4 Å². The zero-order chi connectivity index (χ0) is 24.3. The number of hydrogen-bond acceptors (Lipinski definition) is 7. The fourth-order valence-corrected chi connectivity index (χ4v) is 4.76. The molecule has 1 N–H and O–H groups in total. The second kappa shape index (κ2) is 10.6. The van der Waals surface area contributed by atoms with Crippen molar-refractivity contribution < 1.29 is 32.6 Å². The Morgan fingerprint density at radius 1 is 1.24 bits per heavy atom. The van der Waals surface area contributed by atoms with Crippen molar-refractivity contribution in [2.75, 3.05) is 18.5 Å². The number of anilines is 1. The number of aromatic nitrogens is 2. The summed E-state index contributed by atoms with van der Waals surface area (Å²) in [7, 11) is 0. The van der Waals surface area contributed by atoms with Gasteiger partial charge in [-0.15, -0.1) is 11.3 Å². The van der Waals surface area contributed by atoms with Gasteiger partial charge in [-0.25, -0.2) is 18.4 Å². The molecule has 3 rings (SSSR count). The van der Waals surface area contributed by atoms with Crippen LogP contribution >= 0.6 is 22.9 Å². The van der Waals surface area contributed by atoms with E-state index in [1.54, 1.807) is 13.8 Å². The zero-order valence-corrected chi connectivity index (χ0v) is 19.9. The van der Waals surface area contributed by atoms with E-state index in [9.17, 15) is 23.2 Å². The molecule has 0 aromatic carbocycles. The molecule has 0 saturated heterocycles. The van der Waals surface area contributed by atoms with Gasteiger partial charge >= 0.3 is 11.9 Å². The summed E-state index contributed by atoms with van der Waals surface area (Å²) < 4.78 is 37.9. The van der Waals surface area contributed by atoms with Gasteiger partial charge in [-0.05, 0) is 38.7 Å². The van der Waals surface area contributed by atoms with Crippen molar-refractivity contribution in [3.63, 3.8) is 0 Å². The second-order valence-electron chi connectivity index (χ2n) is 7.48. The Bertz CT molecular complexity index is 1060. The fourth-order valence-electron chi connectivity index (χ4n) is 3.29. The normalized spacial score (nSPS) is 13.3. The first kappa shape index (κ1) is 25.1. The molecule has 0 spiro atoms. The topological polar surface area (TPSA) is 99.5 Å². The quantitative estimate of drug-likeness (QED) is 0.453. The second-order valence-corrected chi connectivity index (χ2v) is 8.88. The highest BCUT2D eigenvalue weighted by Gasteiger charge is 2.35. The Balaban J connectivity index is 1.88. The summed E-state index contributed by atoms with van der Waals surface area (Å²) in [5.74, 6) is -1.94. The van der Waals surface area contributed by atoms with Crippen LogP contribution in [-0.2, 0) is 20.8 Å². The van der Waals surface area contributed by atoms with E-state index in [0.717, 1.165) is 24.2 Å². The van der Waals surface area contributed by atoms with Gasteiger partial charge in [0.2, 0.25) is 5.91 Å². The fraction of sp³-hybridized carbons (Fsp3) is 0.524. The van der Waals surface area contributed by atoms with Gasteiger partial charge in [-0.3, -0.25) is 9.48 Å². The summed E-state index contributed by atoms with van der Waals surface area (Å²) >= 11 is 6.99. The monoisotopic (exact) mass is 503 g/mol. The Morgan fingerprint density at radius 3 is 2.52 bits per heavy atom. The summed E-state index contributed by atoms with van der Waals surface area (Å²) in [6.45, 7) is 4.98. The maximum Gasteiger partial charge on any atom is 0.348 e. The number of ether oxygens (including phenoxy) is 2. The third-order valence-electron chi connectivity index (χ3n) is 4.92. The average molecular weight is 504 g/mol. The summed E-state index contributed by atoms with van der Waals surface area (Å²) in [5, 5.41) is 6.42. The standard InChI is InChI=1S/C21H24ClF2N3O5S/c1-4-8-32-20(29)13-10(3)17(21(30)31-5-2)33-19(13)25-12(28)9-27-16(11-6-7-11)14(22)15(26-27)18(23)24/h11,18H,4-9H2,1-3H3,(H,25,28). The molecule has 1 aliphatic rings. The van der Waals surface area contributed by atoms with Crippen LogP contribution in [0, 0.1) is 6.92 Å². The van der Waals surface area contributed by atoms with E-state index >= 15 is 0 Å². The lowest BCUT2D eigenvalue weighted by molar-refractivity contribution is -0.116. The third kappa shape index (κ3) is 5.52. The lowest BCUT2D eigenvalue weighted by atomic mass is 10.1. The van der Waals surface area contributed by atoms with Gasteiger partial charge in [0, 0.05) is 5.92 Å². The molecule has 1 amide bonds. The van der Waals surface area contributed by atoms with E-state index in [-0.39, 0.29) is 46.1 Å². The lowest BCUT2D eigenvalue weighted by Crippen LogP contribution is -2.22. The van der Waals surface area contributed by atoms with Crippen LogP contribution in [0.5, 0.6) is 0 Å². The third-order valence-corrected chi connectivity index (χ3v) is 6.50. The van der Waals surface area contributed by atoms with Crippen molar-refractivity contribution in [1.29, 1.82) is 0 Å². The van der Waals surface area contributed by atoms with Crippen molar-refractivity contribution in [1.82, 2.24) is 9.78 Å². The molecule has 1 aliphatic carbocycles. The highest BCUT2D eigenvalue weighted by molar-refractivity contribution is 7.18. The van der Waals surface area contributed by atoms with Crippen LogP contribution in [-0.4, -0.2) is 40.8 Å². The molecule has 2 heterocycles. The minimum Gasteiger partial charge on any atom is -0.462 e. The Morgan fingerprint density at radius 2 is 1.94 bits per heavy atom. The molecule has 180 valence electrons. The van der Waals surface area contributed by atoms with Crippen LogP contribution < -0.4 is 5.32 Å². The maximum absolute atomic E-state index is 13.3. The molecular formula is C21H24ClF2N3O5S. The predicted octanol–water partition coefficient (Wildman–Crippen LogP) is 5.10. The number of halogens is 3. The molecule has 1 saturated carbocycles. The van der Waals surface area contributed by atoms with Gasteiger partial charge in [0.1, 0.15) is 22.1 Å². The lowest BCUT2D eigenvalue weighted by Gasteiger charge is -2.09. The van der Waals surface area contributed by atoms with Gasteiger partial charge in [-0.2, -0.15) is 5.10 Å². The van der Waals surface area contributed by atoms with E-state index in [2.05, 4.69) is 10.4 Å². The Kier molecular flexibility index (Phi) is 8.06. The van der Waals surface area contributed by atoms with Crippen molar-refractivity contribution >= 4 is 45.8 Å². The van der Waals surface area contributed by atoms with Crippen LogP contribution in [0.1, 0.15) is 82.4 Å². The first-order valence-electron chi connectivity index (χ1n) is 10.5. The van der Waals surface area contributed by atoms with Gasteiger partial charge in [0.05, 0.1) is 29.5 Å². The smallest absolute Gasteiger partial charge is 0.348 e. The van der Waals surface area contributed by atoms with E-state index in [4.69, 9.17) is 21.1 Å². The number of esters is 2. The van der Waals surface area contributed by atoms with Crippen LogP contribution in [0.4, 0.5) is 13.8 Å². The number of nitrogens with zero attached hydrogens (tertiary/aromatic N) is 2. The largest absolute Gasteiger partial charge is 0.462 e. The minimum absolute atomic E-state index is 0.0238. The van der Waals surface area contributed by atoms with Gasteiger partial charge in [-0.1, -0.05) is 18.5 Å². The zero-order valence-electron chi connectivity index (χ0n) is 18.4. The number of thiophene rings is 1. The van der Waals surface area contributed by atoms with Gasteiger partial charge < -0.3 is 14.8 Å². The number of hydrogen-bond donors (Lipinski definition) is 1. The van der Waals surface area contributed by atoms with Crippen LogP contribution in [0.2, 0.25) is 5.02 Å².